The van der Waals surface area contributed by atoms with Gasteiger partial charge in [0.2, 0.25) is 11.7 Å². The highest BCUT2D eigenvalue weighted by Crippen LogP contribution is 2.31. The van der Waals surface area contributed by atoms with Crippen molar-refractivity contribution in [3.8, 4) is 22.9 Å². The van der Waals surface area contributed by atoms with E-state index >= 15 is 0 Å². The van der Waals surface area contributed by atoms with Gasteiger partial charge in [-0.1, -0.05) is 0 Å². The molecule has 0 aliphatic carbocycles. The van der Waals surface area contributed by atoms with Crippen LogP contribution in [0.5, 0.6) is 11.5 Å². The lowest BCUT2D eigenvalue weighted by Gasteiger charge is -2.31. The van der Waals surface area contributed by atoms with Crippen LogP contribution in [0.4, 0.5) is 0 Å². The maximum absolute atomic E-state index is 13.9. The van der Waals surface area contributed by atoms with Crippen LogP contribution in [-0.2, 0) is 25.6 Å². The van der Waals surface area contributed by atoms with Gasteiger partial charge in [0, 0.05) is 31.9 Å². The molecule has 41 heavy (non-hydrogen) atoms. The van der Waals surface area contributed by atoms with E-state index in [0.717, 1.165) is 25.7 Å². The molecule has 0 bridgehead atoms. The number of aryl methyl sites for hydroxylation is 1. The van der Waals surface area contributed by atoms with Gasteiger partial charge >= 0.3 is 0 Å². The Morgan fingerprint density at radius 3 is 2.49 bits per heavy atom. The second-order valence-electron chi connectivity index (χ2n) is 10.1. The number of furan rings is 1. The molecule has 0 spiro atoms. The fourth-order valence-electron chi connectivity index (χ4n) is 5.11. The molecule has 3 unspecified atom stereocenters. The lowest BCUT2D eigenvalue weighted by atomic mass is 10.1. The van der Waals surface area contributed by atoms with Crippen molar-refractivity contribution in [1.29, 1.82) is 0 Å². The normalized spacial score (nSPS) is 19.2. The minimum atomic E-state index is -1.00. The minimum Gasteiger partial charge on any atom is -0.493 e. The number of carbonyl (C=O) groups excluding carboxylic acids is 2. The van der Waals surface area contributed by atoms with Gasteiger partial charge in [0.25, 0.3) is 5.91 Å². The fourth-order valence-corrected chi connectivity index (χ4v) is 5.11. The zero-order valence-electron chi connectivity index (χ0n) is 23.6. The summed E-state index contributed by atoms with van der Waals surface area (Å²) in [7, 11) is 3.10. The van der Waals surface area contributed by atoms with Gasteiger partial charge in [0.1, 0.15) is 18.1 Å². The first kappa shape index (κ1) is 28.6. The second kappa shape index (κ2) is 13.1. The van der Waals surface area contributed by atoms with Crippen molar-refractivity contribution in [1.82, 2.24) is 30.4 Å². The summed E-state index contributed by atoms with van der Waals surface area (Å²) in [4.78, 5) is 30.2. The number of nitrogens with zero attached hydrogens (tertiary/aromatic N) is 5. The number of benzene rings is 1. The van der Waals surface area contributed by atoms with Gasteiger partial charge in [-0.3, -0.25) is 9.59 Å². The number of aromatic nitrogens is 4. The van der Waals surface area contributed by atoms with Crippen LogP contribution < -0.4 is 14.8 Å². The summed E-state index contributed by atoms with van der Waals surface area (Å²) in [5, 5.41) is 15.6. The quantitative estimate of drug-likeness (QED) is 0.346. The highest BCUT2D eigenvalue weighted by Gasteiger charge is 2.37. The van der Waals surface area contributed by atoms with Crippen LogP contribution in [0.15, 0.2) is 34.7 Å². The molecule has 5 rings (SSSR count). The second-order valence-corrected chi connectivity index (χ2v) is 10.1. The van der Waals surface area contributed by atoms with E-state index in [9.17, 15) is 9.59 Å². The molecule has 13 heteroatoms. The Hall–Kier alpha value is -3.97. The standard InChI is InChI=1S/C28H36N6O7/c1-18-8-10-23(41-18)26(28(36)29-15-20-6-4-12-39-20)33(16-21-7-5-13-40-21)25(35)17-34-31-27(30-32-34)19-9-11-22(37-2)24(14-19)38-3/h8-11,14,20-21,26H,4-7,12-13,15-17H2,1-3H3,(H,29,36). The molecular weight excluding hydrogens is 532 g/mol. The van der Waals surface area contributed by atoms with Crippen LogP contribution in [0, 0.1) is 6.92 Å². The Morgan fingerprint density at radius 1 is 1.07 bits per heavy atom. The van der Waals surface area contributed by atoms with Crippen molar-refractivity contribution < 1.29 is 33.0 Å². The first-order chi connectivity index (χ1) is 19.9. The molecule has 220 valence electrons. The smallest absolute Gasteiger partial charge is 0.250 e. The van der Waals surface area contributed by atoms with Crippen molar-refractivity contribution in [3.05, 3.63) is 41.9 Å². The Kier molecular flexibility index (Phi) is 9.14. The maximum atomic E-state index is 13.9. The summed E-state index contributed by atoms with van der Waals surface area (Å²) in [5.74, 6) is 1.69. The third kappa shape index (κ3) is 6.85. The molecule has 3 aromatic rings. The summed E-state index contributed by atoms with van der Waals surface area (Å²) in [5.41, 5.74) is 0.648. The van der Waals surface area contributed by atoms with Crippen LogP contribution in [-0.4, -0.2) is 89.7 Å². The molecule has 0 saturated carbocycles. The van der Waals surface area contributed by atoms with Gasteiger partial charge in [0.15, 0.2) is 17.5 Å². The number of nitrogens with one attached hydrogen (secondary N) is 1. The van der Waals surface area contributed by atoms with Crippen molar-refractivity contribution in [2.75, 3.05) is 40.5 Å². The third-order valence-corrected chi connectivity index (χ3v) is 7.23. The lowest BCUT2D eigenvalue weighted by Crippen LogP contribution is -2.48. The molecule has 0 radical (unpaired) electrons. The van der Waals surface area contributed by atoms with Gasteiger partial charge in [-0.05, 0) is 68.2 Å². The molecule has 13 nitrogen and oxygen atoms in total. The first-order valence-corrected chi connectivity index (χ1v) is 13.8. The van der Waals surface area contributed by atoms with Crippen LogP contribution in [0.3, 0.4) is 0 Å². The fraction of sp³-hybridized carbons (Fsp3) is 0.536. The van der Waals surface area contributed by atoms with Crippen LogP contribution >= 0.6 is 0 Å². The molecule has 2 amide bonds. The molecule has 2 aliphatic heterocycles. The van der Waals surface area contributed by atoms with Crippen LogP contribution in [0.25, 0.3) is 11.4 Å². The Bertz CT molecular complexity index is 1330. The average Bonchev–Trinajstić information content (AvgIpc) is 3.80. The van der Waals surface area contributed by atoms with Gasteiger partial charge in [-0.2, -0.15) is 4.80 Å². The number of methoxy groups -OCH3 is 2. The van der Waals surface area contributed by atoms with Gasteiger partial charge in [-0.15, -0.1) is 10.2 Å². The SMILES string of the molecule is COc1ccc(-c2nnn(CC(=O)N(CC3CCCO3)C(C(=O)NCC3CCCO3)c3ccc(C)o3)n2)cc1OC. The molecule has 1 N–H and O–H groups in total. The molecule has 2 saturated heterocycles. The average molecular weight is 569 g/mol. The summed E-state index contributed by atoms with van der Waals surface area (Å²) >= 11 is 0. The topological polar surface area (TPSA) is 143 Å². The predicted octanol–water partition coefficient (Wildman–Crippen LogP) is 2.30. The molecule has 3 atom stereocenters. The number of hydrogen-bond acceptors (Lipinski definition) is 10. The van der Waals surface area contributed by atoms with E-state index in [2.05, 4.69) is 20.7 Å². The number of ether oxygens (including phenoxy) is 4. The largest absolute Gasteiger partial charge is 0.493 e. The van der Waals surface area contributed by atoms with E-state index in [1.807, 2.05) is 0 Å². The zero-order chi connectivity index (χ0) is 28.8. The lowest BCUT2D eigenvalue weighted by molar-refractivity contribution is -0.144. The molecule has 4 heterocycles. The van der Waals surface area contributed by atoms with Crippen molar-refractivity contribution in [3.63, 3.8) is 0 Å². The Morgan fingerprint density at radius 2 is 1.83 bits per heavy atom. The van der Waals surface area contributed by atoms with E-state index in [1.54, 1.807) is 51.5 Å². The third-order valence-electron chi connectivity index (χ3n) is 7.23. The van der Waals surface area contributed by atoms with Gasteiger partial charge < -0.3 is 33.6 Å². The molecule has 2 fully saturated rings. The molecule has 2 aromatic heterocycles. The maximum Gasteiger partial charge on any atom is 0.250 e. The highest BCUT2D eigenvalue weighted by molar-refractivity contribution is 5.88. The summed E-state index contributed by atoms with van der Waals surface area (Å²) in [6, 6.07) is 7.76. The molecule has 1 aromatic carbocycles. The van der Waals surface area contributed by atoms with Gasteiger partial charge in [-0.25, -0.2) is 0 Å². The number of carbonyl (C=O) groups is 2. The Balaban J connectivity index is 1.38. The summed E-state index contributed by atoms with van der Waals surface area (Å²) < 4.78 is 28.1. The van der Waals surface area contributed by atoms with Gasteiger partial charge in [0.05, 0.1) is 26.4 Å². The van der Waals surface area contributed by atoms with E-state index in [1.165, 1.54) is 9.70 Å². The first-order valence-electron chi connectivity index (χ1n) is 13.8. The van der Waals surface area contributed by atoms with Crippen LogP contribution in [0.1, 0.15) is 43.2 Å². The number of tetrazole rings is 1. The predicted molar refractivity (Wildman–Crippen MR) is 145 cm³/mol. The number of amides is 2. The van der Waals surface area contributed by atoms with Crippen molar-refractivity contribution >= 4 is 11.8 Å². The summed E-state index contributed by atoms with van der Waals surface area (Å²) in [6.45, 7) is 3.43. The van der Waals surface area contributed by atoms with E-state index < -0.39 is 6.04 Å². The highest BCUT2D eigenvalue weighted by atomic mass is 16.5. The van der Waals surface area contributed by atoms with Crippen molar-refractivity contribution in [2.24, 2.45) is 0 Å². The van der Waals surface area contributed by atoms with Crippen LogP contribution in [0.2, 0.25) is 0 Å². The van der Waals surface area contributed by atoms with E-state index in [4.69, 9.17) is 23.4 Å². The zero-order valence-corrected chi connectivity index (χ0v) is 23.6. The monoisotopic (exact) mass is 568 g/mol. The summed E-state index contributed by atoms with van der Waals surface area (Å²) in [6.07, 6.45) is 3.27. The minimum absolute atomic E-state index is 0.0467. The van der Waals surface area contributed by atoms with Crippen molar-refractivity contribution in [2.45, 2.75) is 57.4 Å². The van der Waals surface area contributed by atoms with E-state index in [-0.39, 0.29) is 37.1 Å². The molecular formula is C28H36N6O7. The van der Waals surface area contributed by atoms with E-state index in [0.29, 0.717) is 54.2 Å². The number of hydrogen-bond donors (Lipinski definition) is 1. The Labute approximate surface area is 238 Å². The molecule has 2 aliphatic rings. The number of rotatable bonds is 12.